The number of thiophene rings is 2. The molecule has 96 valence electrons. The van der Waals surface area contributed by atoms with Gasteiger partial charge in [-0.1, -0.05) is 6.42 Å². The fourth-order valence-corrected chi connectivity index (χ4v) is 4.58. The van der Waals surface area contributed by atoms with Crippen molar-refractivity contribution in [1.29, 1.82) is 0 Å². The Bertz CT molecular complexity index is 475. The van der Waals surface area contributed by atoms with E-state index in [1.807, 2.05) is 11.3 Å². The summed E-state index contributed by atoms with van der Waals surface area (Å²) in [5.41, 5.74) is 9.30. The van der Waals surface area contributed by atoms with Crippen LogP contribution in [0.5, 0.6) is 0 Å². The van der Waals surface area contributed by atoms with Crippen LogP contribution in [-0.4, -0.2) is 0 Å². The van der Waals surface area contributed by atoms with E-state index in [9.17, 15) is 0 Å². The van der Waals surface area contributed by atoms with E-state index < -0.39 is 0 Å². The van der Waals surface area contributed by atoms with E-state index in [1.54, 1.807) is 21.8 Å². The first kappa shape index (κ1) is 12.4. The standard InChI is InChI=1S/C15H19NS2/c16-13(8-11-6-7-17-10-11)15-9-12-4-2-1-3-5-14(12)18-15/h6-7,9-10,13H,1-5,8,16H2. The van der Waals surface area contributed by atoms with Gasteiger partial charge in [0.15, 0.2) is 0 Å². The molecule has 18 heavy (non-hydrogen) atoms. The summed E-state index contributed by atoms with van der Waals surface area (Å²) in [5, 5.41) is 4.34. The predicted molar refractivity (Wildman–Crippen MR) is 80.5 cm³/mol. The first-order valence-corrected chi connectivity index (χ1v) is 8.47. The molecular weight excluding hydrogens is 258 g/mol. The van der Waals surface area contributed by atoms with E-state index in [-0.39, 0.29) is 6.04 Å². The van der Waals surface area contributed by atoms with E-state index in [2.05, 4.69) is 22.9 Å². The average molecular weight is 277 g/mol. The molecule has 0 radical (unpaired) electrons. The van der Waals surface area contributed by atoms with Crippen LogP contribution in [0.15, 0.2) is 22.9 Å². The van der Waals surface area contributed by atoms with Gasteiger partial charge >= 0.3 is 0 Å². The molecule has 2 aromatic heterocycles. The first-order chi connectivity index (χ1) is 8.83. The summed E-state index contributed by atoms with van der Waals surface area (Å²) < 4.78 is 0. The summed E-state index contributed by atoms with van der Waals surface area (Å²) in [6, 6.07) is 4.74. The van der Waals surface area contributed by atoms with Crippen LogP contribution in [0.1, 0.15) is 46.2 Å². The van der Waals surface area contributed by atoms with Gasteiger partial charge in [0.25, 0.3) is 0 Å². The molecule has 0 fully saturated rings. The summed E-state index contributed by atoms with van der Waals surface area (Å²) in [6.07, 6.45) is 7.60. The molecular formula is C15H19NS2. The number of aryl methyl sites for hydroxylation is 2. The Morgan fingerprint density at radius 3 is 2.94 bits per heavy atom. The van der Waals surface area contributed by atoms with Crippen molar-refractivity contribution in [2.75, 3.05) is 0 Å². The summed E-state index contributed by atoms with van der Waals surface area (Å²) in [7, 11) is 0. The topological polar surface area (TPSA) is 26.0 Å². The molecule has 2 heterocycles. The minimum absolute atomic E-state index is 0.177. The third kappa shape index (κ3) is 2.68. The monoisotopic (exact) mass is 277 g/mol. The zero-order valence-electron chi connectivity index (χ0n) is 10.5. The lowest BCUT2D eigenvalue weighted by molar-refractivity contribution is 0.709. The Kier molecular flexibility index (Phi) is 3.83. The quantitative estimate of drug-likeness (QED) is 0.831. The predicted octanol–water partition coefficient (Wildman–Crippen LogP) is 4.32. The minimum atomic E-state index is 0.177. The lowest BCUT2D eigenvalue weighted by Crippen LogP contribution is -2.11. The molecule has 1 aliphatic carbocycles. The maximum absolute atomic E-state index is 6.35. The number of nitrogens with two attached hydrogens (primary N) is 1. The second-order valence-electron chi connectivity index (χ2n) is 5.10. The Labute approximate surface area is 117 Å². The molecule has 0 aromatic carbocycles. The van der Waals surface area contributed by atoms with Gasteiger partial charge in [0.1, 0.15) is 0 Å². The number of hydrogen-bond acceptors (Lipinski definition) is 3. The van der Waals surface area contributed by atoms with Gasteiger partial charge < -0.3 is 5.73 Å². The van der Waals surface area contributed by atoms with Crippen molar-refractivity contribution in [1.82, 2.24) is 0 Å². The fourth-order valence-electron chi connectivity index (χ4n) is 2.64. The lowest BCUT2D eigenvalue weighted by Gasteiger charge is -2.07. The van der Waals surface area contributed by atoms with E-state index in [1.165, 1.54) is 42.5 Å². The average Bonchev–Trinajstić information content (AvgIpc) is 2.95. The number of hydrogen-bond donors (Lipinski definition) is 1. The molecule has 0 amide bonds. The Hall–Kier alpha value is -0.640. The largest absolute Gasteiger partial charge is 0.323 e. The number of rotatable bonds is 3. The zero-order valence-corrected chi connectivity index (χ0v) is 12.2. The summed E-state index contributed by atoms with van der Waals surface area (Å²) >= 11 is 3.71. The highest BCUT2D eigenvalue weighted by molar-refractivity contribution is 7.12. The van der Waals surface area contributed by atoms with Gasteiger partial charge in [-0.3, -0.25) is 0 Å². The molecule has 0 saturated carbocycles. The van der Waals surface area contributed by atoms with Crippen LogP contribution in [-0.2, 0) is 19.3 Å². The van der Waals surface area contributed by atoms with Gasteiger partial charge in [-0.2, -0.15) is 11.3 Å². The molecule has 2 N–H and O–H groups in total. The molecule has 0 saturated heterocycles. The highest BCUT2D eigenvalue weighted by Crippen LogP contribution is 2.32. The highest BCUT2D eigenvalue weighted by atomic mass is 32.1. The maximum Gasteiger partial charge on any atom is 0.0431 e. The third-order valence-electron chi connectivity index (χ3n) is 3.67. The van der Waals surface area contributed by atoms with E-state index in [0.717, 1.165) is 6.42 Å². The molecule has 0 spiro atoms. The third-order valence-corrected chi connectivity index (χ3v) is 5.77. The van der Waals surface area contributed by atoms with Crippen molar-refractivity contribution < 1.29 is 0 Å². The van der Waals surface area contributed by atoms with Crippen LogP contribution in [0.4, 0.5) is 0 Å². The SMILES string of the molecule is NC(Cc1ccsc1)c1cc2c(s1)CCCCC2. The van der Waals surface area contributed by atoms with Crippen molar-refractivity contribution in [3.63, 3.8) is 0 Å². The van der Waals surface area contributed by atoms with Gasteiger partial charge in [-0.25, -0.2) is 0 Å². The highest BCUT2D eigenvalue weighted by Gasteiger charge is 2.16. The maximum atomic E-state index is 6.35. The van der Waals surface area contributed by atoms with Crippen LogP contribution in [0.3, 0.4) is 0 Å². The Balaban J connectivity index is 1.76. The molecule has 3 rings (SSSR count). The van der Waals surface area contributed by atoms with Gasteiger partial charge in [0, 0.05) is 15.8 Å². The summed E-state index contributed by atoms with van der Waals surface area (Å²) in [4.78, 5) is 2.98. The van der Waals surface area contributed by atoms with Crippen LogP contribution >= 0.6 is 22.7 Å². The minimum Gasteiger partial charge on any atom is -0.323 e. The molecule has 2 aromatic rings. The van der Waals surface area contributed by atoms with Crippen molar-refractivity contribution in [2.24, 2.45) is 5.73 Å². The second-order valence-corrected chi connectivity index (χ2v) is 7.05. The van der Waals surface area contributed by atoms with Crippen LogP contribution < -0.4 is 5.73 Å². The van der Waals surface area contributed by atoms with Gasteiger partial charge in [0.05, 0.1) is 0 Å². The number of fused-ring (bicyclic) bond motifs is 1. The molecule has 1 unspecified atom stereocenters. The molecule has 1 atom stereocenters. The molecule has 1 aliphatic rings. The Morgan fingerprint density at radius 1 is 1.22 bits per heavy atom. The van der Waals surface area contributed by atoms with Crippen molar-refractivity contribution >= 4 is 22.7 Å². The van der Waals surface area contributed by atoms with Crippen LogP contribution in [0.25, 0.3) is 0 Å². The summed E-state index contributed by atoms with van der Waals surface area (Å²) in [5.74, 6) is 0. The molecule has 0 bridgehead atoms. The first-order valence-electron chi connectivity index (χ1n) is 6.71. The van der Waals surface area contributed by atoms with Gasteiger partial charge in [-0.15, -0.1) is 11.3 Å². The van der Waals surface area contributed by atoms with E-state index >= 15 is 0 Å². The summed E-state index contributed by atoms with van der Waals surface area (Å²) in [6.45, 7) is 0. The Morgan fingerprint density at radius 2 is 2.11 bits per heavy atom. The van der Waals surface area contributed by atoms with Crippen LogP contribution in [0, 0.1) is 0 Å². The smallest absolute Gasteiger partial charge is 0.0431 e. The van der Waals surface area contributed by atoms with Crippen molar-refractivity contribution in [2.45, 2.75) is 44.6 Å². The lowest BCUT2D eigenvalue weighted by atomic mass is 10.1. The van der Waals surface area contributed by atoms with Crippen LogP contribution in [0.2, 0.25) is 0 Å². The zero-order chi connectivity index (χ0) is 12.4. The molecule has 3 heteroatoms. The van der Waals surface area contributed by atoms with E-state index in [4.69, 9.17) is 5.73 Å². The fraction of sp³-hybridized carbons (Fsp3) is 0.467. The van der Waals surface area contributed by atoms with Crippen molar-refractivity contribution in [3.05, 3.63) is 43.8 Å². The van der Waals surface area contributed by atoms with Gasteiger partial charge in [-0.05, 0) is 66.1 Å². The normalized spacial score (nSPS) is 17.2. The van der Waals surface area contributed by atoms with Gasteiger partial charge in [0.2, 0.25) is 0 Å². The molecule has 0 aliphatic heterocycles. The molecule has 1 nitrogen and oxygen atoms in total. The van der Waals surface area contributed by atoms with Crippen molar-refractivity contribution in [3.8, 4) is 0 Å². The second kappa shape index (κ2) is 5.55. The van der Waals surface area contributed by atoms with E-state index in [0.29, 0.717) is 0 Å².